The van der Waals surface area contributed by atoms with Crippen molar-refractivity contribution in [3.05, 3.63) is 54.4 Å². The lowest BCUT2D eigenvalue weighted by Crippen LogP contribution is -2.38. The zero-order valence-electron chi connectivity index (χ0n) is 13.2. The second kappa shape index (κ2) is 7.89. The highest BCUT2D eigenvalue weighted by Gasteiger charge is 2.08. The third-order valence-electron chi connectivity index (χ3n) is 3.36. The summed E-state index contributed by atoms with van der Waals surface area (Å²) in [4.78, 5) is 0. The summed E-state index contributed by atoms with van der Waals surface area (Å²) in [6, 6.07) is 12.2. The van der Waals surface area contributed by atoms with E-state index in [4.69, 9.17) is 0 Å². The maximum atomic E-state index is 10.7. The fraction of sp³-hybridized carbons (Fsp3) is 0.250. The van der Waals surface area contributed by atoms with Crippen molar-refractivity contribution in [2.24, 2.45) is 5.10 Å². The average Bonchev–Trinajstić information content (AvgIpc) is 2.53. The first-order valence-corrected chi connectivity index (χ1v) is 8.92. The molecule has 0 aliphatic heterocycles. The average molecular weight is 349 g/mol. The van der Waals surface area contributed by atoms with E-state index >= 15 is 0 Å². The van der Waals surface area contributed by atoms with Crippen LogP contribution in [-0.2, 0) is 16.7 Å². The first-order chi connectivity index (χ1) is 11.3. The number of pyridine rings is 1. The molecule has 0 spiro atoms. The molecule has 1 heterocycles. The van der Waals surface area contributed by atoms with Gasteiger partial charge in [-0.3, -0.25) is 5.01 Å². The standard InChI is InChI=1S/C16H19N3O4S/c1-18(14-6-8-16(20)9-7-14)17-13-15-5-2-3-10-19(15)11-4-12-24(21,22)23/h2-3,5-10,13H,4,11-12H2,1H3,(H-,17,20,21,22,23). The molecule has 1 aromatic heterocycles. The van der Waals surface area contributed by atoms with Crippen LogP contribution in [0.4, 0.5) is 5.69 Å². The summed E-state index contributed by atoms with van der Waals surface area (Å²) >= 11 is 0. The number of aromatic nitrogens is 1. The Morgan fingerprint density at radius 3 is 2.62 bits per heavy atom. The number of rotatable bonds is 7. The van der Waals surface area contributed by atoms with Gasteiger partial charge in [-0.15, -0.1) is 0 Å². The van der Waals surface area contributed by atoms with Gasteiger partial charge in [0.15, 0.2) is 6.20 Å². The van der Waals surface area contributed by atoms with Gasteiger partial charge >= 0.3 is 0 Å². The van der Waals surface area contributed by atoms with Crippen LogP contribution in [-0.4, -0.2) is 37.1 Å². The Hall–Kier alpha value is -2.45. The summed E-state index contributed by atoms with van der Waals surface area (Å²) in [7, 11) is -2.42. The lowest BCUT2D eigenvalue weighted by atomic mass is 10.3. The molecule has 0 bridgehead atoms. The quantitative estimate of drug-likeness (QED) is 0.349. The number of hydrogen-bond donors (Lipinski definition) is 1. The maximum absolute atomic E-state index is 10.7. The molecule has 0 aliphatic carbocycles. The first kappa shape index (κ1) is 17.9. The predicted molar refractivity (Wildman–Crippen MR) is 89.9 cm³/mol. The van der Waals surface area contributed by atoms with Crippen LogP contribution in [0.15, 0.2) is 53.8 Å². The lowest BCUT2D eigenvalue weighted by Gasteiger charge is -2.12. The van der Waals surface area contributed by atoms with Crippen LogP contribution in [0.5, 0.6) is 5.75 Å². The molecule has 0 radical (unpaired) electrons. The molecule has 24 heavy (non-hydrogen) atoms. The molecule has 2 rings (SSSR count). The Balaban J connectivity index is 2.07. The second-order valence-corrected chi connectivity index (χ2v) is 6.74. The molecule has 8 heteroatoms. The summed E-state index contributed by atoms with van der Waals surface area (Å²) in [6.45, 7) is 0.409. The van der Waals surface area contributed by atoms with Crippen molar-refractivity contribution in [3.63, 3.8) is 0 Å². The molecule has 7 nitrogen and oxygen atoms in total. The molecule has 2 aromatic rings. The number of aryl methyl sites for hydroxylation is 1. The molecule has 0 aliphatic rings. The molecule has 1 aromatic carbocycles. The normalized spacial score (nSPS) is 11.8. The van der Waals surface area contributed by atoms with Gasteiger partial charge in [0, 0.05) is 31.4 Å². The van der Waals surface area contributed by atoms with E-state index < -0.39 is 10.1 Å². The number of phenols is 1. The van der Waals surface area contributed by atoms with Gasteiger partial charge in [0.05, 0.1) is 15.8 Å². The molecular formula is C16H19N3O4S. The van der Waals surface area contributed by atoms with Gasteiger partial charge < -0.3 is 9.66 Å². The second-order valence-electron chi connectivity index (χ2n) is 5.22. The van der Waals surface area contributed by atoms with Gasteiger partial charge in [-0.2, -0.15) is 9.67 Å². The Labute approximate surface area is 141 Å². The number of benzene rings is 1. The van der Waals surface area contributed by atoms with Crippen LogP contribution in [0.2, 0.25) is 0 Å². The Bertz CT molecular complexity index is 804. The van der Waals surface area contributed by atoms with Crippen molar-refractivity contribution in [2.75, 3.05) is 17.8 Å². The van der Waals surface area contributed by atoms with Crippen LogP contribution >= 0.6 is 0 Å². The molecule has 0 unspecified atom stereocenters. The summed E-state index contributed by atoms with van der Waals surface area (Å²) < 4.78 is 33.9. The molecule has 0 atom stereocenters. The molecule has 128 valence electrons. The summed E-state index contributed by atoms with van der Waals surface area (Å²) in [6.07, 6.45) is 3.70. The molecule has 0 fully saturated rings. The third kappa shape index (κ3) is 5.64. The van der Waals surface area contributed by atoms with Gasteiger partial charge in [0.25, 0.3) is 0 Å². The Morgan fingerprint density at radius 1 is 1.25 bits per heavy atom. The lowest BCUT2D eigenvalue weighted by molar-refractivity contribution is -0.697. The van der Waals surface area contributed by atoms with Crippen molar-refractivity contribution in [1.82, 2.24) is 0 Å². The highest BCUT2D eigenvalue weighted by molar-refractivity contribution is 7.85. The third-order valence-corrected chi connectivity index (χ3v) is 4.14. The minimum absolute atomic E-state index is 0.186. The first-order valence-electron chi connectivity index (χ1n) is 7.34. The van der Waals surface area contributed by atoms with Gasteiger partial charge in [0.2, 0.25) is 5.69 Å². The smallest absolute Gasteiger partial charge is 0.225 e. The summed E-state index contributed by atoms with van der Waals surface area (Å²) in [5, 5.41) is 15.3. The molecule has 0 saturated carbocycles. The van der Waals surface area contributed by atoms with E-state index in [-0.39, 0.29) is 17.9 Å². The summed E-state index contributed by atoms with van der Waals surface area (Å²) in [5.41, 5.74) is 1.59. The van der Waals surface area contributed by atoms with Crippen LogP contribution in [0, 0.1) is 0 Å². The highest BCUT2D eigenvalue weighted by atomic mass is 32.2. The zero-order valence-corrected chi connectivity index (χ0v) is 14.1. The maximum Gasteiger partial charge on any atom is 0.225 e. The minimum Gasteiger partial charge on any atom is -0.748 e. The zero-order chi connectivity index (χ0) is 17.6. The van der Waals surface area contributed by atoms with Crippen molar-refractivity contribution in [3.8, 4) is 5.75 Å². The van der Waals surface area contributed by atoms with Crippen molar-refractivity contribution < 1.29 is 22.6 Å². The topological polar surface area (TPSA) is 96.9 Å². The van der Waals surface area contributed by atoms with Crippen molar-refractivity contribution in [2.45, 2.75) is 13.0 Å². The number of hydrazone groups is 1. The van der Waals surface area contributed by atoms with E-state index in [1.165, 1.54) is 0 Å². The largest absolute Gasteiger partial charge is 0.748 e. The fourth-order valence-electron chi connectivity index (χ4n) is 2.10. The van der Waals surface area contributed by atoms with Crippen LogP contribution in [0.1, 0.15) is 12.1 Å². The van der Waals surface area contributed by atoms with E-state index in [0.717, 1.165) is 11.4 Å². The monoisotopic (exact) mass is 349 g/mol. The fourth-order valence-corrected chi connectivity index (χ4v) is 2.59. The van der Waals surface area contributed by atoms with Crippen LogP contribution in [0.3, 0.4) is 0 Å². The number of aromatic hydroxyl groups is 1. The molecule has 1 N–H and O–H groups in total. The number of phenolic OH excluding ortho intramolecular Hbond substituents is 1. The Morgan fingerprint density at radius 2 is 1.96 bits per heavy atom. The molecule has 0 saturated heterocycles. The van der Waals surface area contributed by atoms with Crippen LogP contribution < -0.4 is 9.58 Å². The van der Waals surface area contributed by atoms with Crippen molar-refractivity contribution >= 4 is 22.0 Å². The van der Waals surface area contributed by atoms with Gasteiger partial charge in [-0.05, 0) is 30.3 Å². The van der Waals surface area contributed by atoms with Gasteiger partial charge in [0.1, 0.15) is 18.5 Å². The minimum atomic E-state index is -4.20. The SMILES string of the molecule is CN(/N=C/c1cccc[n+]1CCCS(=O)(=O)[O-])c1ccc(O)cc1. The Kier molecular flexibility index (Phi) is 5.88. The van der Waals surface area contributed by atoms with Gasteiger partial charge in [-0.1, -0.05) is 0 Å². The van der Waals surface area contributed by atoms with E-state index in [1.54, 1.807) is 48.7 Å². The summed E-state index contributed by atoms with van der Waals surface area (Å²) in [5.74, 6) is -0.204. The number of hydrogen-bond acceptors (Lipinski definition) is 6. The van der Waals surface area contributed by atoms with Gasteiger partial charge in [-0.25, -0.2) is 8.42 Å². The van der Waals surface area contributed by atoms with E-state index in [0.29, 0.717) is 6.54 Å². The predicted octanol–water partition coefficient (Wildman–Crippen LogP) is 1.09. The number of nitrogens with zero attached hydrogens (tertiary/aromatic N) is 3. The number of anilines is 1. The van der Waals surface area contributed by atoms with E-state index in [9.17, 15) is 18.1 Å². The van der Waals surface area contributed by atoms with E-state index in [1.807, 2.05) is 22.8 Å². The van der Waals surface area contributed by atoms with Crippen molar-refractivity contribution in [1.29, 1.82) is 0 Å². The van der Waals surface area contributed by atoms with Crippen LogP contribution in [0.25, 0.3) is 0 Å². The van der Waals surface area contributed by atoms with E-state index in [2.05, 4.69) is 5.10 Å². The molecule has 0 amide bonds. The highest BCUT2D eigenvalue weighted by Crippen LogP contribution is 2.17. The molecular weight excluding hydrogens is 330 g/mol.